The minimum Gasteiger partial charge on any atom is -0.355 e. The molecule has 0 bridgehead atoms. The Labute approximate surface area is 144 Å². The molecule has 0 aromatic heterocycles. The number of carbonyl (C=O) groups excluding carboxylic acids is 1. The van der Waals surface area contributed by atoms with Gasteiger partial charge < -0.3 is 5.32 Å². The molecule has 2 fully saturated rings. The predicted molar refractivity (Wildman–Crippen MR) is 91.4 cm³/mol. The maximum atomic E-state index is 12.2. The van der Waals surface area contributed by atoms with Crippen LogP contribution in [0.2, 0.25) is 0 Å². The van der Waals surface area contributed by atoms with E-state index in [1.165, 1.54) is 14.9 Å². The maximum Gasteiger partial charge on any atom is 0.223 e. The molecule has 1 amide bonds. The third-order valence-corrected chi connectivity index (χ3v) is 7.84. The topological polar surface area (TPSA) is 104 Å². The Bertz CT molecular complexity index is 633. The Balaban J connectivity index is 1.74. The first kappa shape index (κ1) is 19.6. The van der Waals surface area contributed by atoms with Gasteiger partial charge in [0.15, 0.2) is 0 Å². The molecule has 0 atom stereocenters. The van der Waals surface area contributed by atoms with Crippen molar-refractivity contribution >= 4 is 26.0 Å². The van der Waals surface area contributed by atoms with Gasteiger partial charge >= 0.3 is 0 Å². The summed E-state index contributed by atoms with van der Waals surface area (Å²) in [5.74, 6) is -0.515. The number of amides is 1. The van der Waals surface area contributed by atoms with Crippen molar-refractivity contribution in [3.05, 3.63) is 0 Å². The van der Waals surface area contributed by atoms with Gasteiger partial charge in [0.05, 0.1) is 12.0 Å². The van der Waals surface area contributed by atoms with Crippen molar-refractivity contribution in [3.63, 3.8) is 0 Å². The lowest BCUT2D eigenvalue weighted by Crippen LogP contribution is -2.44. The van der Waals surface area contributed by atoms with E-state index in [4.69, 9.17) is 0 Å². The average Bonchev–Trinajstić information content (AvgIpc) is 2.55. The van der Waals surface area contributed by atoms with Crippen LogP contribution in [0.25, 0.3) is 0 Å². The molecule has 0 unspecified atom stereocenters. The van der Waals surface area contributed by atoms with Crippen molar-refractivity contribution in [2.24, 2.45) is 5.92 Å². The molecule has 0 aliphatic carbocycles. The summed E-state index contributed by atoms with van der Waals surface area (Å²) in [5, 5.41) is 2.69. The Kier molecular flexibility index (Phi) is 6.63. The third-order valence-electron chi connectivity index (χ3n) is 4.66. The summed E-state index contributed by atoms with van der Waals surface area (Å²) in [4.78, 5) is 12.1. The van der Waals surface area contributed by atoms with Gasteiger partial charge in [0.1, 0.15) is 0 Å². The van der Waals surface area contributed by atoms with E-state index in [1.807, 2.05) is 0 Å². The molecule has 8 nitrogen and oxygen atoms in total. The minimum atomic E-state index is -3.31. The van der Waals surface area contributed by atoms with Crippen LogP contribution in [-0.2, 0) is 24.8 Å². The highest BCUT2D eigenvalue weighted by molar-refractivity contribution is 7.89. The Hall–Kier alpha value is -0.710. The summed E-state index contributed by atoms with van der Waals surface area (Å²) in [6, 6.07) is 0. The Morgan fingerprint density at radius 1 is 0.958 bits per heavy atom. The fourth-order valence-corrected chi connectivity index (χ4v) is 5.48. The highest BCUT2D eigenvalue weighted by atomic mass is 32.2. The number of hydrogen-bond acceptors (Lipinski definition) is 5. The number of carbonyl (C=O) groups is 1. The van der Waals surface area contributed by atoms with Crippen LogP contribution >= 0.6 is 0 Å². The van der Waals surface area contributed by atoms with Gasteiger partial charge in [-0.2, -0.15) is 0 Å². The summed E-state index contributed by atoms with van der Waals surface area (Å²) >= 11 is 0. The highest BCUT2D eigenvalue weighted by Gasteiger charge is 2.29. The van der Waals surface area contributed by atoms with E-state index in [0.717, 1.165) is 19.3 Å². The molecule has 10 heteroatoms. The lowest BCUT2D eigenvalue weighted by Gasteiger charge is -2.29. The van der Waals surface area contributed by atoms with Crippen molar-refractivity contribution in [3.8, 4) is 0 Å². The van der Waals surface area contributed by atoms with E-state index in [2.05, 4.69) is 5.32 Å². The second-order valence-corrected chi connectivity index (χ2v) is 10.6. The largest absolute Gasteiger partial charge is 0.355 e. The number of rotatable bonds is 6. The number of piperidine rings is 2. The van der Waals surface area contributed by atoms with Crippen molar-refractivity contribution < 1.29 is 21.6 Å². The molecule has 2 aliphatic heterocycles. The van der Waals surface area contributed by atoms with Gasteiger partial charge in [-0.3, -0.25) is 4.79 Å². The van der Waals surface area contributed by atoms with E-state index in [1.54, 1.807) is 0 Å². The lowest BCUT2D eigenvalue weighted by molar-refractivity contribution is -0.125. The molecule has 0 spiro atoms. The number of nitrogens with zero attached hydrogens (tertiary/aromatic N) is 2. The normalized spacial score (nSPS) is 22.4. The van der Waals surface area contributed by atoms with Crippen LogP contribution in [-0.4, -0.2) is 76.1 Å². The van der Waals surface area contributed by atoms with Gasteiger partial charge in [-0.1, -0.05) is 6.42 Å². The van der Waals surface area contributed by atoms with E-state index in [-0.39, 0.29) is 24.1 Å². The first-order valence-corrected chi connectivity index (χ1v) is 11.9. The monoisotopic (exact) mass is 381 g/mol. The summed E-state index contributed by atoms with van der Waals surface area (Å²) in [7, 11) is -6.51. The van der Waals surface area contributed by atoms with Crippen LogP contribution in [0.1, 0.15) is 32.1 Å². The molecule has 2 rings (SSSR count). The SMILES string of the molecule is CS(=O)(=O)N1CCC(C(=O)NCCS(=O)(=O)N2CCCCC2)CC1. The van der Waals surface area contributed by atoms with Crippen LogP contribution in [0.4, 0.5) is 0 Å². The van der Waals surface area contributed by atoms with Crippen LogP contribution in [0.15, 0.2) is 0 Å². The zero-order valence-electron chi connectivity index (χ0n) is 14.1. The molecule has 24 heavy (non-hydrogen) atoms. The standard InChI is InChI=1S/C14H27N3O5S2/c1-23(19,20)16-10-5-13(6-11-16)14(18)15-7-12-24(21,22)17-8-3-2-4-9-17/h13H,2-12H2,1H3,(H,15,18). The van der Waals surface area contributed by atoms with Crippen LogP contribution in [0.3, 0.4) is 0 Å². The van der Waals surface area contributed by atoms with E-state index in [0.29, 0.717) is 39.0 Å². The highest BCUT2D eigenvalue weighted by Crippen LogP contribution is 2.19. The Morgan fingerprint density at radius 3 is 2.08 bits per heavy atom. The summed E-state index contributed by atoms with van der Waals surface area (Å²) in [5.41, 5.74) is 0. The summed E-state index contributed by atoms with van der Waals surface area (Å²) in [6.45, 7) is 1.91. The summed E-state index contributed by atoms with van der Waals surface area (Å²) in [6.07, 6.45) is 4.96. The summed E-state index contributed by atoms with van der Waals surface area (Å²) < 4.78 is 50.2. The molecule has 2 saturated heterocycles. The van der Waals surface area contributed by atoms with Gasteiger partial charge in [-0.15, -0.1) is 0 Å². The van der Waals surface area contributed by atoms with Gasteiger partial charge in [0.25, 0.3) is 0 Å². The molecule has 2 heterocycles. The molecule has 140 valence electrons. The number of hydrogen-bond donors (Lipinski definition) is 1. The quantitative estimate of drug-likeness (QED) is 0.674. The number of nitrogens with one attached hydrogen (secondary N) is 1. The zero-order valence-corrected chi connectivity index (χ0v) is 15.7. The average molecular weight is 382 g/mol. The van der Waals surface area contributed by atoms with Gasteiger partial charge in [-0.25, -0.2) is 25.4 Å². The molecule has 0 radical (unpaired) electrons. The molecular weight excluding hydrogens is 354 g/mol. The van der Waals surface area contributed by atoms with Crippen LogP contribution in [0.5, 0.6) is 0 Å². The van der Waals surface area contributed by atoms with Crippen LogP contribution < -0.4 is 5.32 Å². The van der Waals surface area contributed by atoms with Gasteiger partial charge in [0.2, 0.25) is 26.0 Å². The molecule has 0 aromatic rings. The fraction of sp³-hybridized carbons (Fsp3) is 0.929. The number of sulfonamides is 2. The fourth-order valence-electron chi connectivity index (χ4n) is 3.17. The molecule has 1 N–H and O–H groups in total. The first-order valence-electron chi connectivity index (χ1n) is 8.41. The van der Waals surface area contributed by atoms with Crippen molar-refractivity contribution in [2.75, 3.05) is 44.7 Å². The van der Waals surface area contributed by atoms with E-state index >= 15 is 0 Å². The van der Waals surface area contributed by atoms with Crippen molar-refractivity contribution in [1.29, 1.82) is 0 Å². The van der Waals surface area contributed by atoms with Crippen molar-refractivity contribution in [2.45, 2.75) is 32.1 Å². The van der Waals surface area contributed by atoms with Gasteiger partial charge in [0, 0.05) is 38.6 Å². The zero-order chi connectivity index (χ0) is 17.8. The minimum absolute atomic E-state index is 0.0824. The second-order valence-electron chi connectivity index (χ2n) is 6.50. The van der Waals surface area contributed by atoms with E-state index in [9.17, 15) is 21.6 Å². The third kappa shape index (κ3) is 5.40. The van der Waals surface area contributed by atoms with E-state index < -0.39 is 20.0 Å². The van der Waals surface area contributed by atoms with Gasteiger partial charge in [-0.05, 0) is 25.7 Å². The lowest BCUT2D eigenvalue weighted by atomic mass is 9.97. The molecule has 2 aliphatic rings. The molecule has 0 aromatic carbocycles. The smallest absolute Gasteiger partial charge is 0.223 e. The second kappa shape index (κ2) is 8.11. The predicted octanol–water partition coefficient (Wildman–Crippen LogP) is -0.410. The Morgan fingerprint density at radius 2 is 1.54 bits per heavy atom. The maximum absolute atomic E-state index is 12.2. The molecular formula is C14H27N3O5S2. The van der Waals surface area contributed by atoms with Crippen molar-refractivity contribution in [1.82, 2.24) is 13.9 Å². The van der Waals surface area contributed by atoms with Crippen LogP contribution in [0, 0.1) is 5.92 Å². The first-order chi connectivity index (χ1) is 11.2. The molecule has 0 saturated carbocycles.